The molecule has 1 heterocycles. The van der Waals surface area contributed by atoms with Crippen molar-refractivity contribution in [2.24, 2.45) is 0 Å². The molecular weight excluding hydrogens is 237 g/mol. The van der Waals surface area contributed by atoms with Gasteiger partial charge in [0, 0.05) is 6.07 Å². The lowest BCUT2D eigenvalue weighted by Gasteiger charge is -2.15. The molecule has 7 heteroatoms. The summed E-state index contributed by atoms with van der Waals surface area (Å²) in [5.74, 6) is 0. The highest BCUT2D eigenvalue weighted by molar-refractivity contribution is 5.22. The summed E-state index contributed by atoms with van der Waals surface area (Å²) in [5, 5.41) is 12.7. The van der Waals surface area contributed by atoms with Gasteiger partial charge in [-0.15, -0.1) is 0 Å². The normalized spacial score (nSPS) is 16.9. The van der Waals surface area contributed by atoms with Crippen LogP contribution >= 0.6 is 0 Å². The molecule has 0 saturated heterocycles. The highest BCUT2D eigenvalue weighted by Gasteiger charge is 2.38. The standard InChI is InChI=1S/C10H11F3N2O2/c11-10(12,13)8(16)5-15-9(17)4-6-2-1-3-7(6)14-15/h4,8,16H,1-3,5H2/t8-/m0/s1. The largest absolute Gasteiger partial charge is 0.416 e. The van der Waals surface area contributed by atoms with Crippen LogP contribution < -0.4 is 5.56 Å². The quantitative estimate of drug-likeness (QED) is 0.836. The minimum atomic E-state index is -4.74. The summed E-state index contributed by atoms with van der Waals surface area (Å²) in [6, 6.07) is 1.30. The van der Waals surface area contributed by atoms with Crippen molar-refractivity contribution in [3.8, 4) is 0 Å². The molecule has 0 unspecified atom stereocenters. The summed E-state index contributed by atoms with van der Waals surface area (Å²) in [6.45, 7) is -0.852. The van der Waals surface area contributed by atoms with Gasteiger partial charge >= 0.3 is 6.18 Å². The number of fused-ring (bicyclic) bond motifs is 1. The van der Waals surface area contributed by atoms with Crippen LogP contribution in [0, 0.1) is 0 Å². The van der Waals surface area contributed by atoms with E-state index in [1.54, 1.807) is 0 Å². The fraction of sp³-hybridized carbons (Fsp3) is 0.600. The number of nitrogens with zero attached hydrogens (tertiary/aromatic N) is 2. The van der Waals surface area contributed by atoms with Crippen LogP contribution in [0.15, 0.2) is 10.9 Å². The highest BCUT2D eigenvalue weighted by Crippen LogP contribution is 2.21. The van der Waals surface area contributed by atoms with E-state index in [1.165, 1.54) is 6.07 Å². The Hall–Kier alpha value is -1.37. The summed E-state index contributed by atoms with van der Waals surface area (Å²) in [6.07, 6.45) is -5.04. The van der Waals surface area contributed by atoms with E-state index >= 15 is 0 Å². The molecule has 0 bridgehead atoms. The summed E-state index contributed by atoms with van der Waals surface area (Å²) >= 11 is 0. The number of aromatic nitrogens is 2. The van der Waals surface area contributed by atoms with Gasteiger partial charge in [0.2, 0.25) is 0 Å². The van der Waals surface area contributed by atoms with Crippen LogP contribution in [0.4, 0.5) is 13.2 Å². The maximum absolute atomic E-state index is 12.1. The molecule has 0 amide bonds. The number of alkyl halides is 3. The first-order valence-electron chi connectivity index (χ1n) is 5.22. The Bertz CT molecular complexity index is 481. The molecule has 0 aliphatic heterocycles. The predicted molar refractivity (Wildman–Crippen MR) is 52.6 cm³/mol. The first-order valence-corrected chi connectivity index (χ1v) is 5.22. The van der Waals surface area contributed by atoms with E-state index in [-0.39, 0.29) is 0 Å². The molecule has 1 aromatic rings. The van der Waals surface area contributed by atoms with Gasteiger partial charge in [0.15, 0.2) is 6.10 Å². The van der Waals surface area contributed by atoms with Crippen molar-refractivity contribution in [1.82, 2.24) is 9.78 Å². The smallest absolute Gasteiger partial charge is 0.382 e. The van der Waals surface area contributed by atoms with Gasteiger partial charge < -0.3 is 5.11 Å². The fourth-order valence-corrected chi connectivity index (χ4v) is 1.84. The molecule has 0 aromatic carbocycles. The van der Waals surface area contributed by atoms with Crippen molar-refractivity contribution >= 4 is 0 Å². The first-order chi connectivity index (χ1) is 7.88. The van der Waals surface area contributed by atoms with E-state index in [4.69, 9.17) is 5.11 Å². The van der Waals surface area contributed by atoms with E-state index in [9.17, 15) is 18.0 Å². The number of rotatable bonds is 2. The number of aliphatic hydroxyl groups is 1. The third-order valence-electron chi connectivity index (χ3n) is 2.75. The second-order valence-corrected chi connectivity index (χ2v) is 4.05. The van der Waals surface area contributed by atoms with Crippen LogP contribution in [-0.2, 0) is 19.4 Å². The van der Waals surface area contributed by atoms with E-state index in [0.29, 0.717) is 16.8 Å². The zero-order valence-electron chi connectivity index (χ0n) is 8.87. The number of hydrogen-bond donors (Lipinski definition) is 1. The molecule has 17 heavy (non-hydrogen) atoms. The lowest BCUT2D eigenvalue weighted by molar-refractivity contribution is -0.208. The van der Waals surface area contributed by atoms with E-state index in [0.717, 1.165) is 18.4 Å². The second kappa shape index (κ2) is 4.14. The van der Waals surface area contributed by atoms with Crippen LogP contribution in [0.5, 0.6) is 0 Å². The minimum Gasteiger partial charge on any atom is -0.382 e. The second-order valence-electron chi connectivity index (χ2n) is 4.05. The van der Waals surface area contributed by atoms with Gasteiger partial charge in [-0.2, -0.15) is 18.3 Å². The van der Waals surface area contributed by atoms with Crippen molar-refractivity contribution < 1.29 is 18.3 Å². The number of aryl methyl sites for hydroxylation is 2. The molecule has 4 nitrogen and oxygen atoms in total. The molecule has 0 fully saturated rings. The molecule has 0 radical (unpaired) electrons. The Labute approximate surface area is 94.7 Å². The van der Waals surface area contributed by atoms with E-state index in [1.807, 2.05) is 0 Å². The van der Waals surface area contributed by atoms with Crippen LogP contribution in [0.25, 0.3) is 0 Å². The van der Waals surface area contributed by atoms with Gasteiger partial charge in [0.1, 0.15) is 0 Å². The summed E-state index contributed by atoms with van der Waals surface area (Å²) in [4.78, 5) is 11.5. The van der Waals surface area contributed by atoms with Crippen LogP contribution in [-0.4, -0.2) is 27.2 Å². The third kappa shape index (κ3) is 2.49. The molecule has 1 aromatic heterocycles. The zero-order chi connectivity index (χ0) is 12.6. The lowest BCUT2D eigenvalue weighted by atomic mass is 10.2. The summed E-state index contributed by atoms with van der Waals surface area (Å²) in [7, 11) is 0. The van der Waals surface area contributed by atoms with Crippen molar-refractivity contribution in [1.29, 1.82) is 0 Å². The van der Waals surface area contributed by atoms with Crippen molar-refractivity contribution in [3.63, 3.8) is 0 Å². The maximum Gasteiger partial charge on any atom is 0.416 e. The van der Waals surface area contributed by atoms with Crippen LogP contribution in [0.3, 0.4) is 0 Å². The molecule has 2 rings (SSSR count). The Kier molecular flexibility index (Phi) is 2.94. The summed E-state index contributed by atoms with van der Waals surface area (Å²) < 4.78 is 37.1. The van der Waals surface area contributed by atoms with E-state index in [2.05, 4.69) is 5.10 Å². The third-order valence-corrected chi connectivity index (χ3v) is 2.75. The Morgan fingerprint density at radius 1 is 1.47 bits per heavy atom. The molecule has 1 N–H and O–H groups in total. The van der Waals surface area contributed by atoms with Gasteiger partial charge in [-0.3, -0.25) is 4.79 Å². The van der Waals surface area contributed by atoms with Gasteiger partial charge in [-0.1, -0.05) is 0 Å². The number of halogens is 3. The van der Waals surface area contributed by atoms with Gasteiger partial charge in [0.25, 0.3) is 5.56 Å². The fourth-order valence-electron chi connectivity index (χ4n) is 1.84. The molecular formula is C10H11F3N2O2. The number of aliphatic hydroxyl groups excluding tert-OH is 1. The maximum atomic E-state index is 12.1. The number of hydrogen-bond acceptors (Lipinski definition) is 3. The predicted octanol–water partition coefficient (Wildman–Crippen LogP) is 0.655. The molecule has 1 aliphatic rings. The van der Waals surface area contributed by atoms with Crippen molar-refractivity contribution in [2.75, 3.05) is 0 Å². The zero-order valence-corrected chi connectivity index (χ0v) is 8.87. The minimum absolute atomic E-state index is 0.603. The highest BCUT2D eigenvalue weighted by atomic mass is 19.4. The lowest BCUT2D eigenvalue weighted by Crippen LogP contribution is -2.37. The summed E-state index contributed by atoms with van der Waals surface area (Å²) in [5.41, 5.74) is 0.848. The van der Waals surface area contributed by atoms with E-state index < -0.39 is 24.4 Å². The topological polar surface area (TPSA) is 55.1 Å². The van der Waals surface area contributed by atoms with Gasteiger partial charge in [0.05, 0.1) is 12.2 Å². The first kappa shape index (κ1) is 12.1. The monoisotopic (exact) mass is 248 g/mol. The average Bonchev–Trinajstić information content (AvgIpc) is 2.63. The van der Waals surface area contributed by atoms with Crippen LogP contribution in [0.1, 0.15) is 17.7 Å². The van der Waals surface area contributed by atoms with Crippen molar-refractivity contribution in [2.45, 2.75) is 38.1 Å². The van der Waals surface area contributed by atoms with Gasteiger partial charge in [-0.05, 0) is 24.8 Å². The van der Waals surface area contributed by atoms with Gasteiger partial charge in [-0.25, -0.2) is 4.68 Å². The molecule has 94 valence electrons. The Balaban J connectivity index is 2.25. The van der Waals surface area contributed by atoms with Crippen molar-refractivity contribution in [3.05, 3.63) is 27.7 Å². The Morgan fingerprint density at radius 2 is 2.18 bits per heavy atom. The Morgan fingerprint density at radius 3 is 2.82 bits per heavy atom. The molecule has 0 saturated carbocycles. The average molecular weight is 248 g/mol. The SMILES string of the molecule is O=c1cc2c(nn1C[C@H](O)C(F)(F)F)CCC2. The molecule has 1 aliphatic carbocycles. The molecule has 1 atom stereocenters. The molecule has 0 spiro atoms. The van der Waals surface area contributed by atoms with Crippen LogP contribution in [0.2, 0.25) is 0 Å².